The van der Waals surface area contributed by atoms with Crippen LogP contribution in [0.5, 0.6) is 0 Å². The number of carbonyl (C=O) groups is 1. The molecule has 0 fully saturated rings. The predicted octanol–water partition coefficient (Wildman–Crippen LogP) is -2.10. The Hall–Kier alpha value is -1.93. The molecule has 15 heavy (non-hydrogen) atoms. The van der Waals surface area contributed by atoms with Crippen LogP contribution in [0.3, 0.4) is 0 Å². The zero-order valence-corrected chi connectivity index (χ0v) is 7.85. The van der Waals surface area contributed by atoms with Crippen molar-refractivity contribution in [3.63, 3.8) is 0 Å². The Morgan fingerprint density at radius 2 is 1.87 bits per heavy atom. The highest BCUT2D eigenvalue weighted by molar-refractivity contribution is 6.33. The third-order valence-electron chi connectivity index (χ3n) is 1.52. The molecule has 0 saturated heterocycles. The topological polar surface area (TPSA) is 143 Å². The van der Waals surface area contributed by atoms with Gasteiger partial charge in [-0.1, -0.05) is 11.5 Å². The first-order chi connectivity index (χ1) is 6.00. The van der Waals surface area contributed by atoms with Gasteiger partial charge in [-0.3, -0.25) is 10.1 Å². The quantitative estimate of drug-likeness (QED) is 0.342. The standard InChI is InChI=1S/C7H6BNO4.2H2O/c8-5-1-4(7(10)11)2-6(3-5)9(12)13;;/h1-3H,8H2,(H,10,11);2*1H2. The fourth-order valence-corrected chi connectivity index (χ4v) is 0.992. The van der Waals surface area contributed by atoms with Gasteiger partial charge < -0.3 is 16.1 Å². The van der Waals surface area contributed by atoms with Crippen LogP contribution in [0.2, 0.25) is 0 Å². The molecular weight excluding hydrogens is 205 g/mol. The monoisotopic (exact) mass is 215 g/mol. The molecule has 0 amide bonds. The summed E-state index contributed by atoms with van der Waals surface area (Å²) in [6.45, 7) is 0. The van der Waals surface area contributed by atoms with Crippen molar-refractivity contribution in [2.24, 2.45) is 0 Å². The van der Waals surface area contributed by atoms with E-state index in [2.05, 4.69) is 0 Å². The molecule has 0 aliphatic carbocycles. The lowest BCUT2D eigenvalue weighted by atomic mass is 9.94. The lowest BCUT2D eigenvalue weighted by molar-refractivity contribution is -0.384. The van der Waals surface area contributed by atoms with E-state index >= 15 is 0 Å². The second-order valence-corrected chi connectivity index (χ2v) is 2.62. The zero-order valence-electron chi connectivity index (χ0n) is 7.85. The Morgan fingerprint density at radius 3 is 2.27 bits per heavy atom. The Balaban J connectivity index is 0. The Bertz CT molecular complexity index is 347. The number of carboxylic acid groups (broad SMARTS) is 1. The number of aromatic carboxylic acids is 1. The normalized spacial score (nSPS) is 8.27. The molecule has 82 valence electrons. The molecule has 0 aromatic heterocycles. The van der Waals surface area contributed by atoms with Gasteiger partial charge in [-0.15, -0.1) is 0 Å². The lowest BCUT2D eigenvalue weighted by Gasteiger charge is -1.97. The van der Waals surface area contributed by atoms with Crippen LogP contribution in [0.4, 0.5) is 5.69 Å². The average Bonchev–Trinajstić information content (AvgIpc) is 2.03. The second kappa shape index (κ2) is 5.73. The van der Waals surface area contributed by atoms with Crippen molar-refractivity contribution in [3.05, 3.63) is 33.9 Å². The molecule has 5 N–H and O–H groups in total. The first kappa shape index (κ1) is 15.5. The maximum atomic E-state index is 10.5. The number of nitrogens with zero attached hydrogens (tertiary/aromatic N) is 1. The fraction of sp³-hybridized carbons (Fsp3) is 0. The molecule has 8 heteroatoms. The summed E-state index contributed by atoms with van der Waals surface area (Å²) in [5.41, 5.74) is 0.302. The maximum Gasteiger partial charge on any atom is 0.335 e. The molecule has 0 aliphatic rings. The number of hydrogen-bond donors (Lipinski definition) is 1. The highest BCUT2D eigenvalue weighted by Gasteiger charge is 2.11. The minimum absolute atomic E-state index is 0. The molecule has 0 atom stereocenters. The van der Waals surface area contributed by atoms with Gasteiger partial charge in [0.05, 0.1) is 10.5 Å². The van der Waals surface area contributed by atoms with Crippen LogP contribution < -0.4 is 5.46 Å². The SMILES string of the molecule is Bc1cc(C(=O)O)cc([N+](=O)[O-])c1.O.O. The molecule has 0 bridgehead atoms. The van der Waals surface area contributed by atoms with Gasteiger partial charge in [0.15, 0.2) is 0 Å². The number of rotatable bonds is 2. The van der Waals surface area contributed by atoms with E-state index in [1.165, 1.54) is 12.1 Å². The molecular formula is C7H10BNO6. The van der Waals surface area contributed by atoms with E-state index in [-0.39, 0.29) is 22.2 Å². The van der Waals surface area contributed by atoms with Crippen LogP contribution in [0, 0.1) is 10.1 Å². The van der Waals surface area contributed by atoms with E-state index in [1.807, 2.05) is 0 Å². The van der Waals surface area contributed by atoms with Crippen molar-refractivity contribution in [1.29, 1.82) is 0 Å². The molecule has 7 nitrogen and oxygen atoms in total. The van der Waals surface area contributed by atoms with E-state index in [0.717, 1.165) is 6.07 Å². The largest absolute Gasteiger partial charge is 0.478 e. The third kappa shape index (κ3) is 3.75. The summed E-state index contributed by atoms with van der Waals surface area (Å²) in [5.74, 6) is -1.16. The van der Waals surface area contributed by atoms with Crippen molar-refractivity contribution in [2.75, 3.05) is 0 Å². The van der Waals surface area contributed by atoms with Gasteiger partial charge in [-0.25, -0.2) is 4.79 Å². The molecule has 1 aromatic carbocycles. The van der Waals surface area contributed by atoms with Crippen LogP contribution in [-0.4, -0.2) is 34.8 Å². The minimum atomic E-state index is -1.16. The first-order valence-corrected chi connectivity index (χ1v) is 3.50. The molecule has 1 rings (SSSR count). The number of hydrogen-bond acceptors (Lipinski definition) is 3. The van der Waals surface area contributed by atoms with Crippen LogP contribution >= 0.6 is 0 Å². The fourth-order valence-electron chi connectivity index (χ4n) is 0.992. The van der Waals surface area contributed by atoms with Crippen molar-refractivity contribution in [1.82, 2.24) is 0 Å². The molecule has 0 unspecified atom stereocenters. The van der Waals surface area contributed by atoms with Crippen molar-refractivity contribution >= 4 is 25.0 Å². The van der Waals surface area contributed by atoms with E-state index in [1.54, 1.807) is 7.85 Å². The van der Waals surface area contributed by atoms with Crippen LogP contribution in [-0.2, 0) is 0 Å². The highest BCUT2D eigenvalue weighted by atomic mass is 16.6. The average molecular weight is 215 g/mol. The van der Waals surface area contributed by atoms with Gasteiger partial charge in [0.25, 0.3) is 5.69 Å². The van der Waals surface area contributed by atoms with Gasteiger partial charge >= 0.3 is 5.97 Å². The molecule has 0 heterocycles. The summed E-state index contributed by atoms with van der Waals surface area (Å²) >= 11 is 0. The Labute approximate surface area is 85.5 Å². The van der Waals surface area contributed by atoms with E-state index < -0.39 is 10.9 Å². The molecule has 0 aliphatic heterocycles. The molecule has 0 saturated carbocycles. The van der Waals surface area contributed by atoms with Crippen molar-refractivity contribution < 1.29 is 25.8 Å². The molecule has 1 aromatic rings. The van der Waals surface area contributed by atoms with Crippen LogP contribution in [0.1, 0.15) is 10.4 Å². The lowest BCUT2D eigenvalue weighted by Crippen LogP contribution is -2.08. The number of carboxylic acids is 1. The van der Waals surface area contributed by atoms with Gasteiger partial charge in [-0.2, -0.15) is 0 Å². The predicted molar refractivity (Wildman–Crippen MR) is 55.5 cm³/mol. The Kier molecular flexibility index (Phi) is 5.94. The highest BCUT2D eigenvalue weighted by Crippen LogP contribution is 2.10. The van der Waals surface area contributed by atoms with E-state index in [0.29, 0.717) is 5.46 Å². The minimum Gasteiger partial charge on any atom is -0.478 e. The van der Waals surface area contributed by atoms with Crippen molar-refractivity contribution in [2.45, 2.75) is 0 Å². The van der Waals surface area contributed by atoms with Crippen molar-refractivity contribution in [3.8, 4) is 0 Å². The molecule has 0 spiro atoms. The smallest absolute Gasteiger partial charge is 0.335 e. The van der Waals surface area contributed by atoms with E-state index in [4.69, 9.17) is 5.11 Å². The second-order valence-electron chi connectivity index (χ2n) is 2.62. The van der Waals surface area contributed by atoms with Gasteiger partial charge in [0.1, 0.15) is 7.85 Å². The summed E-state index contributed by atoms with van der Waals surface area (Å²) in [7, 11) is 1.61. The van der Waals surface area contributed by atoms with E-state index in [9.17, 15) is 14.9 Å². The summed E-state index contributed by atoms with van der Waals surface area (Å²) in [4.78, 5) is 20.2. The van der Waals surface area contributed by atoms with Gasteiger partial charge in [0, 0.05) is 12.1 Å². The summed E-state index contributed by atoms with van der Waals surface area (Å²) in [6.07, 6.45) is 0. The summed E-state index contributed by atoms with van der Waals surface area (Å²) in [5, 5.41) is 18.9. The number of benzene rings is 1. The number of nitro benzene ring substituents is 1. The number of nitro groups is 1. The first-order valence-electron chi connectivity index (χ1n) is 3.50. The van der Waals surface area contributed by atoms with Crippen LogP contribution in [0.15, 0.2) is 18.2 Å². The molecule has 0 radical (unpaired) electrons. The zero-order chi connectivity index (χ0) is 10.0. The third-order valence-corrected chi connectivity index (χ3v) is 1.52. The number of non-ortho nitro benzene ring substituents is 1. The summed E-state index contributed by atoms with van der Waals surface area (Å²) < 4.78 is 0. The van der Waals surface area contributed by atoms with Gasteiger partial charge in [-0.05, 0) is 0 Å². The maximum absolute atomic E-state index is 10.5. The Morgan fingerprint density at radius 1 is 1.33 bits per heavy atom. The summed E-state index contributed by atoms with van der Waals surface area (Å²) in [6, 6.07) is 3.75. The van der Waals surface area contributed by atoms with Gasteiger partial charge in [0.2, 0.25) is 0 Å². The van der Waals surface area contributed by atoms with Crippen LogP contribution in [0.25, 0.3) is 0 Å².